The van der Waals surface area contributed by atoms with Crippen LogP contribution in [0.15, 0.2) is 17.1 Å². The SMILES string of the molecule is COC1CCOCC1n1cc(C(F)(F)F)cc(NC(C)=O)c1=O. The van der Waals surface area contributed by atoms with Crippen molar-refractivity contribution in [3.8, 4) is 0 Å². The van der Waals surface area contributed by atoms with Crippen LogP contribution in [-0.2, 0) is 20.4 Å². The number of nitrogens with one attached hydrogen (secondary N) is 1. The molecule has 9 heteroatoms. The first kappa shape index (κ1) is 17.5. The Morgan fingerprint density at radius 2 is 2.17 bits per heavy atom. The summed E-state index contributed by atoms with van der Waals surface area (Å²) in [6.45, 7) is 1.58. The van der Waals surface area contributed by atoms with Gasteiger partial charge in [0.2, 0.25) is 5.91 Å². The molecule has 1 fully saturated rings. The molecular weight excluding hydrogens is 317 g/mol. The van der Waals surface area contributed by atoms with Crippen molar-refractivity contribution in [2.24, 2.45) is 0 Å². The number of methoxy groups -OCH3 is 1. The zero-order valence-corrected chi connectivity index (χ0v) is 12.6. The molecule has 2 atom stereocenters. The van der Waals surface area contributed by atoms with Gasteiger partial charge in [-0.1, -0.05) is 0 Å². The Morgan fingerprint density at radius 3 is 2.74 bits per heavy atom. The molecule has 1 amide bonds. The highest BCUT2D eigenvalue weighted by Gasteiger charge is 2.35. The van der Waals surface area contributed by atoms with Crippen molar-refractivity contribution < 1.29 is 27.4 Å². The molecule has 2 rings (SSSR count). The van der Waals surface area contributed by atoms with E-state index in [1.54, 1.807) is 0 Å². The van der Waals surface area contributed by atoms with Gasteiger partial charge in [-0.25, -0.2) is 0 Å². The highest BCUT2D eigenvalue weighted by atomic mass is 19.4. The summed E-state index contributed by atoms with van der Waals surface area (Å²) < 4.78 is 50.7. The summed E-state index contributed by atoms with van der Waals surface area (Å²) in [6, 6.07) is -0.0674. The van der Waals surface area contributed by atoms with Crippen molar-refractivity contribution in [1.82, 2.24) is 4.57 Å². The monoisotopic (exact) mass is 334 g/mol. The number of hydrogen-bond donors (Lipinski definition) is 1. The third-order valence-electron chi connectivity index (χ3n) is 3.61. The van der Waals surface area contributed by atoms with E-state index in [2.05, 4.69) is 5.32 Å². The van der Waals surface area contributed by atoms with Crippen LogP contribution in [0.3, 0.4) is 0 Å². The number of ether oxygens (including phenoxy) is 2. The van der Waals surface area contributed by atoms with Crippen LogP contribution in [0.1, 0.15) is 24.9 Å². The molecule has 2 heterocycles. The largest absolute Gasteiger partial charge is 0.417 e. The van der Waals surface area contributed by atoms with Gasteiger partial charge >= 0.3 is 6.18 Å². The molecule has 0 radical (unpaired) electrons. The summed E-state index contributed by atoms with van der Waals surface area (Å²) in [5.74, 6) is -0.629. The standard InChI is InChI=1S/C14H17F3N2O4/c1-8(20)18-10-5-9(14(15,16)17)6-19(13(10)21)11-7-23-4-3-12(11)22-2/h5-6,11-12H,3-4,7H2,1-2H3,(H,18,20). The van der Waals surface area contributed by atoms with Crippen molar-refractivity contribution in [2.45, 2.75) is 31.7 Å². The van der Waals surface area contributed by atoms with Gasteiger partial charge < -0.3 is 19.4 Å². The van der Waals surface area contributed by atoms with E-state index in [-0.39, 0.29) is 6.61 Å². The van der Waals surface area contributed by atoms with Gasteiger partial charge in [0.15, 0.2) is 0 Å². The molecule has 1 aromatic rings. The predicted octanol–water partition coefficient (Wildman–Crippen LogP) is 1.80. The second-order valence-corrected chi connectivity index (χ2v) is 5.24. The molecule has 1 aromatic heterocycles. The van der Waals surface area contributed by atoms with Crippen LogP contribution in [0.4, 0.5) is 18.9 Å². The number of hydrogen-bond acceptors (Lipinski definition) is 4. The predicted molar refractivity (Wildman–Crippen MR) is 75.3 cm³/mol. The lowest BCUT2D eigenvalue weighted by Crippen LogP contribution is -2.41. The Morgan fingerprint density at radius 1 is 1.48 bits per heavy atom. The summed E-state index contributed by atoms with van der Waals surface area (Å²) in [6.07, 6.45) is -3.91. The average molecular weight is 334 g/mol. The van der Waals surface area contributed by atoms with E-state index in [1.807, 2.05) is 0 Å². The van der Waals surface area contributed by atoms with E-state index >= 15 is 0 Å². The second-order valence-electron chi connectivity index (χ2n) is 5.24. The van der Waals surface area contributed by atoms with E-state index in [1.165, 1.54) is 7.11 Å². The number of alkyl halides is 3. The Balaban J connectivity index is 2.56. The Kier molecular flexibility index (Phi) is 5.10. The maximum absolute atomic E-state index is 13.1. The Bertz CT molecular complexity index is 642. The molecule has 0 saturated carbocycles. The van der Waals surface area contributed by atoms with Crippen molar-refractivity contribution in [1.29, 1.82) is 0 Å². The lowest BCUT2D eigenvalue weighted by Gasteiger charge is -2.32. The summed E-state index contributed by atoms with van der Waals surface area (Å²) >= 11 is 0. The van der Waals surface area contributed by atoms with Crippen molar-refractivity contribution in [3.05, 3.63) is 28.2 Å². The average Bonchev–Trinajstić information content (AvgIpc) is 2.47. The maximum atomic E-state index is 13.1. The molecule has 23 heavy (non-hydrogen) atoms. The number of nitrogens with zero attached hydrogens (tertiary/aromatic N) is 1. The molecule has 1 aliphatic heterocycles. The molecule has 2 unspecified atom stereocenters. The molecule has 0 aromatic carbocycles. The fourth-order valence-electron chi connectivity index (χ4n) is 2.52. The molecule has 1 saturated heterocycles. The maximum Gasteiger partial charge on any atom is 0.417 e. The highest BCUT2D eigenvalue weighted by molar-refractivity contribution is 5.88. The van der Waals surface area contributed by atoms with Crippen LogP contribution >= 0.6 is 0 Å². The van der Waals surface area contributed by atoms with E-state index in [0.29, 0.717) is 19.1 Å². The fourth-order valence-corrected chi connectivity index (χ4v) is 2.52. The summed E-state index contributed by atoms with van der Waals surface area (Å²) in [5, 5.41) is 2.14. The van der Waals surface area contributed by atoms with E-state index < -0.39 is 41.0 Å². The zero-order valence-electron chi connectivity index (χ0n) is 12.6. The van der Waals surface area contributed by atoms with Crippen LogP contribution < -0.4 is 10.9 Å². The summed E-state index contributed by atoms with van der Waals surface area (Å²) in [4.78, 5) is 23.6. The molecular formula is C14H17F3N2O4. The number of carbonyl (C=O) groups is 1. The van der Waals surface area contributed by atoms with Crippen molar-refractivity contribution >= 4 is 11.6 Å². The second kappa shape index (κ2) is 6.71. The number of halogens is 3. The number of pyridine rings is 1. The molecule has 6 nitrogen and oxygen atoms in total. The first-order chi connectivity index (χ1) is 10.7. The number of carbonyl (C=O) groups excluding carboxylic acids is 1. The Hall–Kier alpha value is -1.87. The summed E-state index contributed by atoms with van der Waals surface area (Å²) in [5.41, 5.74) is -2.18. The van der Waals surface area contributed by atoms with Gasteiger partial charge in [-0.05, 0) is 12.5 Å². The van der Waals surface area contributed by atoms with E-state index in [9.17, 15) is 22.8 Å². The first-order valence-electron chi connectivity index (χ1n) is 6.95. The normalized spacial score (nSPS) is 22.0. The minimum atomic E-state index is -4.65. The van der Waals surface area contributed by atoms with Crippen LogP contribution in [0.2, 0.25) is 0 Å². The summed E-state index contributed by atoms with van der Waals surface area (Å²) in [7, 11) is 1.43. The van der Waals surface area contributed by atoms with Crippen molar-refractivity contribution in [2.75, 3.05) is 25.6 Å². The van der Waals surface area contributed by atoms with Crippen LogP contribution in [-0.4, -0.2) is 36.9 Å². The molecule has 0 aliphatic carbocycles. The first-order valence-corrected chi connectivity index (χ1v) is 6.95. The van der Waals surface area contributed by atoms with Gasteiger partial charge in [-0.3, -0.25) is 9.59 Å². The van der Waals surface area contributed by atoms with Gasteiger partial charge in [-0.2, -0.15) is 13.2 Å². The minimum Gasteiger partial charge on any atom is -0.379 e. The molecule has 1 aliphatic rings. The molecule has 128 valence electrons. The lowest BCUT2D eigenvalue weighted by atomic mass is 10.1. The van der Waals surface area contributed by atoms with Gasteiger partial charge in [0.1, 0.15) is 5.69 Å². The van der Waals surface area contributed by atoms with Gasteiger partial charge in [-0.15, -0.1) is 0 Å². The van der Waals surface area contributed by atoms with Crippen LogP contribution in [0.25, 0.3) is 0 Å². The zero-order chi connectivity index (χ0) is 17.2. The van der Waals surface area contributed by atoms with E-state index in [0.717, 1.165) is 17.7 Å². The topological polar surface area (TPSA) is 69.6 Å². The number of amides is 1. The molecule has 1 N–H and O–H groups in total. The van der Waals surface area contributed by atoms with Gasteiger partial charge in [0.05, 0.1) is 24.3 Å². The third-order valence-corrected chi connectivity index (χ3v) is 3.61. The molecule has 0 spiro atoms. The molecule has 0 bridgehead atoms. The van der Waals surface area contributed by atoms with E-state index in [4.69, 9.17) is 9.47 Å². The number of rotatable bonds is 3. The third kappa shape index (κ3) is 3.91. The smallest absolute Gasteiger partial charge is 0.379 e. The Labute approximate surface area is 130 Å². The van der Waals surface area contributed by atoms with Crippen LogP contribution in [0.5, 0.6) is 0 Å². The lowest BCUT2D eigenvalue weighted by molar-refractivity contribution is -0.138. The van der Waals surface area contributed by atoms with Crippen molar-refractivity contribution in [3.63, 3.8) is 0 Å². The minimum absolute atomic E-state index is 0.0548. The fraction of sp³-hybridized carbons (Fsp3) is 0.571. The highest BCUT2D eigenvalue weighted by Crippen LogP contribution is 2.31. The van der Waals surface area contributed by atoms with Crippen LogP contribution in [0, 0.1) is 0 Å². The number of aromatic nitrogens is 1. The quantitative estimate of drug-likeness (QED) is 0.915. The number of anilines is 1. The van der Waals surface area contributed by atoms with Gasteiger partial charge in [0, 0.05) is 26.8 Å². The van der Waals surface area contributed by atoms with Gasteiger partial charge in [0.25, 0.3) is 5.56 Å².